The molecule has 0 amide bonds. The molecule has 0 unspecified atom stereocenters. The molecule has 0 radical (unpaired) electrons. The molecule has 0 atom stereocenters. The molecule has 1 aromatic heterocycles. The highest BCUT2D eigenvalue weighted by Gasteiger charge is 2.10. The van der Waals surface area contributed by atoms with E-state index in [1.54, 1.807) is 18.2 Å². The maximum atomic E-state index is 12.8. The number of aromatic hydroxyl groups is 1. The lowest BCUT2D eigenvalue weighted by Gasteiger charge is -2.07. The van der Waals surface area contributed by atoms with Crippen LogP contribution >= 0.6 is 0 Å². The summed E-state index contributed by atoms with van der Waals surface area (Å²) in [5.74, 6) is -0.777. The van der Waals surface area contributed by atoms with Crippen LogP contribution < -0.4 is 5.63 Å². The second kappa shape index (κ2) is 7.17. The number of carbonyl (C=O) groups excluding carboxylic acids is 1. The van der Waals surface area contributed by atoms with Crippen LogP contribution in [0.3, 0.4) is 0 Å². The van der Waals surface area contributed by atoms with Gasteiger partial charge in [-0.05, 0) is 36.2 Å². The summed E-state index contributed by atoms with van der Waals surface area (Å²) < 4.78 is 23.1. The zero-order valence-corrected chi connectivity index (χ0v) is 13.2. The van der Waals surface area contributed by atoms with Gasteiger partial charge in [-0.15, -0.1) is 0 Å². The van der Waals surface area contributed by atoms with Crippen molar-refractivity contribution in [1.82, 2.24) is 0 Å². The first-order valence-electron chi connectivity index (χ1n) is 7.67. The first-order chi connectivity index (χ1) is 12.0. The van der Waals surface area contributed by atoms with Crippen molar-refractivity contribution in [3.8, 4) is 5.75 Å². The Morgan fingerprint density at radius 2 is 1.88 bits per heavy atom. The fraction of sp³-hybridized carbons (Fsp3) is 0.158. The minimum atomic E-state index is -0.588. The summed E-state index contributed by atoms with van der Waals surface area (Å²) in [5.41, 5.74) is 0.973. The third kappa shape index (κ3) is 4.23. The van der Waals surface area contributed by atoms with Crippen LogP contribution in [-0.2, 0) is 22.6 Å². The molecule has 0 aliphatic heterocycles. The van der Waals surface area contributed by atoms with Crippen LogP contribution in [0, 0.1) is 5.82 Å². The SMILES string of the molecule is O=C(CCc1ccc(F)cc1)OCc1cc(=O)oc2cc(O)ccc12. The van der Waals surface area contributed by atoms with Gasteiger partial charge in [-0.2, -0.15) is 0 Å². The highest BCUT2D eigenvalue weighted by molar-refractivity contribution is 5.81. The molecule has 1 heterocycles. The predicted octanol–water partition coefficient (Wildman–Crippen LogP) is 3.31. The number of benzene rings is 2. The van der Waals surface area contributed by atoms with Crippen molar-refractivity contribution in [2.75, 3.05) is 0 Å². The zero-order chi connectivity index (χ0) is 17.8. The van der Waals surface area contributed by atoms with Gasteiger partial charge < -0.3 is 14.3 Å². The number of halogens is 1. The average molecular weight is 342 g/mol. The van der Waals surface area contributed by atoms with Crippen molar-refractivity contribution in [1.29, 1.82) is 0 Å². The number of carbonyl (C=O) groups is 1. The molecule has 3 rings (SSSR count). The third-order valence-corrected chi connectivity index (χ3v) is 3.73. The topological polar surface area (TPSA) is 76.7 Å². The smallest absolute Gasteiger partial charge is 0.336 e. The highest BCUT2D eigenvalue weighted by atomic mass is 19.1. The molecule has 0 aliphatic rings. The van der Waals surface area contributed by atoms with Crippen molar-refractivity contribution in [2.45, 2.75) is 19.4 Å². The fourth-order valence-electron chi connectivity index (χ4n) is 2.47. The van der Waals surface area contributed by atoms with Crippen molar-refractivity contribution in [3.63, 3.8) is 0 Å². The molecule has 25 heavy (non-hydrogen) atoms. The molecule has 0 spiro atoms. The molecule has 3 aromatic rings. The molecule has 2 aromatic carbocycles. The third-order valence-electron chi connectivity index (χ3n) is 3.73. The molecule has 5 nitrogen and oxygen atoms in total. The minimum absolute atomic E-state index is 0.0240. The van der Waals surface area contributed by atoms with Gasteiger partial charge in [0.1, 0.15) is 23.8 Å². The average Bonchev–Trinajstić information content (AvgIpc) is 2.58. The van der Waals surface area contributed by atoms with Crippen LogP contribution in [0.5, 0.6) is 5.75 Å². The summed E-state index contributed by atoms with van der Waals surface area (Å²) in [6, 6.07) is 11.5. The lowest BCUT2D eigenvalue weighted by molar-refractivity contribution is -0.144. The van der Waals surface area contributed by atoms with Gasteiger partial charge in [-0.25, -0.2) is 9.18 Å². The largest absolute Gasteiger partial charge is 0.508 e. The molecule has 0 bridgehead atoms. The van der Waals surface area contributed by atoms with E-state index in [1.165, 1.54) is 30.3 Å². The van der Waals surface area contributed by atoms with E-state index in [4.69, 9.17) is 9.15 Å². The summed E-state index contributed by atoms with van der Waals surface area (Å²) in [6.45, 7) is -0.0743. The second-order valence-corrected chi connectivity index (χ2v) is 5.56. The van der Waals surface area contributed by atoms with Gasteiger partial charge in [0, 0.05) is 29.5 Å². The molecular weight excluding hydrogens is 327 g/mol. The van der Waals surface area contributed by atoms with E-state index < -0.39 is 11.6 Å². The number of hydrogen-bond acceptors (Lipinski definition) is 5. The van der Waals surface area contributed by atoms with Gasteiger partial charge in [0.15, 0.2) is 0 Å². The Labute approximate surface area is 142 Å². The van der Waals surface area contributed by atoms with Crippen molar-refractivity contribution < 1.29 is 23.4 Å². The monoisotopic (exact) mass is 342 g/mol. The Morgan fingerprint density at radius 1 is 1.12 bits per heavy atom. The van der Waals surface area contributed by atoms with Crippen LogP contribution in [-0.4, -0.2) is 11.1 Å². The Kier molecular flexibility index (Phi) is 4.79. The Balaban J connectivity index is 1.65. The molecule has 6 heteroatoms. The van der Waals surface area contributed by atoms with E-state index in [0.717, 1.165) is 5.56 Å². The summed E-state index contributed by atoms with van der Waals surface area (Å²) in [5, 5.41) is 10.0. The number of phenolic OH excluding ortho intramolecular Hbond substituents is 1. The molecule has 0 fully saturated rings. The quantitative estimate of drug-likeness (QED) is 0.569. The Morgan fingerprint density at radius 3 is 2.64 bits per heavy atom. The number of ether oxygens (including phenoxy) is 1. The molecule has 128 valence electrons. The maximum absolute atomic E-state index is 12.8. The van der Waals surface area contributed by atoms with Crippen LogP contribution in [0.2, 0.25) is 0 Å². The van der Waals surface area contributed by atoms with E-state index >= 15 is 0 Å². The number of hydrogen-bond donors (Lipinski definition) is 1. The second-order valence-electron chi connectivity index (χ2n) is 5.56. The van der Waals surface area contributed by atoms with Gasteiger partial charge in [0.05, 0.1) is 0 Å². The summed E-state index contributed by atoms with van der Waals surface area (Å²) in [7, 11) is 0. The van der Waals surface area contributed by atoms with Crippen LogP contribution in [0.25, 0.3) is 11.0 Å². The normalized spacial score (nSPS) is 10.8. The van der Waals surface area contributed by atoms with Gasteiger partial charge >= 0.3 is 11.6 Å². The number of aryl methyl sites for hydroxylation is 1. The Hall–Kier alpha value is -3.15. The number of phenols is 1. The first-order valence-corrected chi connectivity index (χ1v) is 7.67. The van der Waals surface area contributed by atoms with Gasteiger partial charge in [-0.3, -0.25) is 4.79 Å². The summed E-state index contributed by atoms with van der Waals surface area (Å²) in [4.78, 5) is 23.5. The number of rotatable bonds is 5. The van der Waals surface area contributed by atoms with Crippen molar-refractivity contribution >= 4 is 16.9 Å². The van der Waals surface area contributed by atoms with Gasteiger partial charge in [0.2, 0.25) is 0 Å². The lowest BCUT2D eigenvalue weighted by atomic mass is 10.1. The summed E-state index contributed by atoms with van der Waals surface area (Å²) >= 11 is 0. The number of fused-ring (bicyclic) bond motifs is 1. The molecule has 0 aliphatic carbocycles. The highest BCUT2D eigenvalue weighted by Crippen LogP contribution is 2.22. The van der Waals surface area contributed by atoms with Crippen molar-refractivity contribution in [3.05, 3.63) is 75.9 Å². The van der Waals surface area contributed by atoms with Gasteiger partial charge in [0.25, 0.3) is 0 Å². The first kappa shape index (κ1) is 16.7. The van der Waals surface area contributed by atoms with Gasteiger partial charge in [-0.1, -0.05) is 12.1 Å². The molecular formula is C19H15FO5. The van der Waals surface area contributed by atoms with E-state index in [1.807, 2.05) is 0 Å². The number of esters is 1. The fourth-order valence-corrected chi connectivity index (χ4v) is 2.47. The van der Waals surface area contributed by atoms with Crippen molar-refractivity contribution in [2.24, 2.45) is 0 Å². The van der Waals surface area contributed by atoms with E-state index in [0.29, 0.717) is 17.4 Å². The van der Waals surface area contributed by atoms with E-state index in [9.17, 15) is 19.1 Å². The summed E-state index contributed by atoms with van der Waals surface area (Å²) in [6.07, 6.45) is 0.580. The van der Waals surface area contributed by atoms with Crippen LogP contribution in [0.4, 0.5) is 4.39 Å². The standard InChI is InChI=1S/C19H15FO5/c20-14-4-1-12(2-5-14)3-8-18(22)24-11-13-9-19(23)25-17-10-15(21)6-7-16(13)17/h1-2,4-7,9-10,21H,3,8,11H2. The Bertz CT molecular complexity index is 960. The predicted molar refractivity (Wildman–Crippen MR) is 88.7 cm³/mol. The minimum Gasteiger partial charge on any atom is -0.508 e. The van der Waals surface area contributed by atoms with Crippen LogP contribution in [0.1, 0.15) is 17.5 Å². The van der Waals surface area contributed by atoms with E-state index in [2.05, 4.69) is 0 Å². The van der Waals surface area contributed by atoms with E-state index in [-0.39, 0.29) is 30.2 Å². The van der Waals surface area contributed by atoms with Crippen LogP contribution in [0.15, 0.2) is 57.7 Å². The molecule has 0 saturated heterocycles. The molecule has 0 saturated carbocycles. The lowest BCUT2D eigenvalue weighted by Crippen LogP contribution is -2.08. The maximum Gasteiger partial charge on any atom is 0.336 e. The zero-order valence-electron chi connectivity index (χ0n) is 13.2. The molecule has 1 N–H and O–H groups in total.